The van der Waals surface area contributed by atoms with Crippen LogP contribution in [-0.4, -0.2) is 35.2 Å². The standard InChI is InChI=1S/C21H31NO4/c1-7-25-19(23)11-9-16-8-10-18-15(3)22(14(2)12-17(18)13-16)20(24)26-21(4,5)6/h8,10,13-15H,7,9,11-12H2,1-6H3. The van der Waals surface area contributed by atoms with E-state index in [1.165, 1.54) is 5.56 Å². The highest BCUT2D eigenvalue weighted by Gasteiger charge is 2.35. The van der Waals surface area contributed by atoms with E-state index >= 15 is 0 Å². The van der Waals surface area contributed by atoms with Crippen molar-refractivity contribution in [3.63, 3.8) is 0 Å². The van der Waals surface area contributed by atoms with Crippen molar-refractivity contribution in [2.45, 2.75) is 78.5 Å². The molecule has 144 valence electrons. The van der Waals surface area contributed by atoms with E-state index in [4.69, 9.17) is 9.47 Å². The van der Waals surface area contributed by atoms with Crippen LogP contribution in [0.1, 0.15) is 70.7 Å². The fourth-order valence-corrected chi connectivity index (χ4v) is 3.48. The molecule has 2 unspecified atom stereocenters. The predicted molar refractivity (Wildman–Crippen MR) is 101 cm³/mol. The summed E-state index contributed by atoms with van der Waals surface area (Å²) in [4.78, 5) is 26.0. The number of esters is 1. The van der Waals surface area contributed by atoms with Gasteiger partial charge in [-0.25, -0.2) is 4.79 Å². The topological polar surface area (TPSA) is 55.8 Å². The number of amides is 1. The number of hydrogen-bond donors (Lipinski definition) is 0. The van der Waals surface area contributed by atoms with Gasteiger partial charge in [0.15, 0.2) is 0 Å². The number of nitrogens with zero attached hydrogens (tertiary/aromatic N) is 1. The summed E-state index contributed by atoms with van der Waals surface area (Å²) in [7, 11) is 0. The molecular formula is C21H31NO4. The van der Waals surface area contributed by atoms with Crippen LogP contribution in [0.2, 0.25) is 0 Å². The second kappa shape index (κ2) is 8.11. The van der Waals surface area contributed by atoms with Crippen LogP contribution in [0.4, 0.5) is 4.79 Å². The number of hydrogen-bond acceptors (Lipinski definition) is 4. The van der Waals surface area contributed by atoms with Gasteiger partial charge in [-0.2, -0.15) is 0 Å². The maximum atomic E-state index is 12.6. The second-order valence-electron chi connectivity index (χ2n) is 7.95. The van der Waals surface area contributed by atoms with Crippen molar-refractivity contribution in [1.29, 1.82) is 0 Å². The molecule has 1 aromatic carbocycles. The van der Waals surface area contributed by atoms with Crippen molar-refractivity contribution in [1.82, 2.24) is 4.90 Å². The molecule has 1 aliphatic rings. The SMILES string of the molecule is CCOC(=O)CCc1ccc2c(c1)CC(C)N(C(=O)OC(C)(C)C)C2C. The van der Waals surface area contributed by atoms with E-state index in [1.54, 1.807) is 0 Å². The monoisotopic (exact) mass is 361 g/mol. The minimum atomic E-state index is -0.506. The number of ether oxygens (including phenoxy) is 2. The zero-order valence-corrected chi connectivity index (χ0v) is 16.8. The zero-order valence-electron chi connectivity index (χ0n) is 16.8. The summed E-state index contributed by atoms with van der Waals surface area (Å²) in [5.41, 5.74) is 3.01. The molecule has 2 rings (SSSR count). The highest BCUT2D eigenvalue weighted by Crippen LogP contribution is 2.34. The normalized spacial score (nSPS) is 19.7. The van der Waals surface area contributed by atoms with Crippen molar-refractivity contribution in [3.05, 3.63) is 34.9 Å². The van der Waals surface area contributed by atoms with Crippen molar-refractivity contribution >= 4 is 12.1 Å². The van der Waals surface area contributed by atoms with Crippen LogP contribution in [0, 0.1) is 0 Å². The van der Waals surface area contributed by atoms with E-state index in [0.29, 0.717) is 19.4 Å². The summed E-state index contributed by atoms with van der Waals surface area (Å²) in [6.07, 6.45) is 1.58. The number of benzene rings is 1. The lowest BCUT2D eigenvalue weighted by Crippen LogP contribution is -2.47. The molecule has 0 saturated carbocycles. The molecule has 0 bridgehead atoms. The molecule has 5 nitrogen and oxygen atoms in total. The summed E-state index contributed by atoms with van der Waals surface area (Å²) >= 11 is 0. The largest absolute Gasteiger partial charge is 0.466 e. The Morgan fingerprint density at radius 3 is 2.54 bits per heavy atom. The fraction of sp³-hybridized carbons (Fsp3) is 0.619. The van der Waals surface area contributed by atoms with E-state index in [2.05, 4.69) is 19.1 Å². The Labute approximate surface area is 156 Å². The molecule has 5 heteroatoms. The Hall–Kier alpha value is -2.04. The minimum absolute atomic E-state index is 0.0392. The third-order valence-corrected chi connectivity index (χ3v) is 4.59. The Morgan fingerprint density at radius 1 is 1.23 bits per heavy atom. The first-order chi connectivity index (χ1) is 12.1. The van der Waals surface area contributed by atoms with Gasteiger partial charge in [-0.15, -0.1) is 0 Å². The van der Waals surface area contributed by atoms with Gasteiger partial charge in [0.25, 0.3) is 0 Å². The lowest BCUT2D eigenvalue weighted by atomic mass is 9.88. The molecule has 2 atom stereocenters. The molecular weight excluding hydrogens is 330 g/mol. The number of fused-ring (bicyclic) bond motifs is 1. The molecule has 1 amide bonds. The molecule has 0 fully saturated rings. The molecule has 0 saturated heterocycles. The first-order valence-corrected chi connectivity index (χ1v) is 9.41. The van der Waals surface area contributed by atoms with Gasteiger partial charge in [0, 0.05) is 12.5 Å². The maximum Gasteiger partial charge on any atom is 0.411 e. The van der Waals surface area contributed by atoms with Crippen LogP contribution in [0.15, 0.2) is 18.2 Å². The summed E-state index contributed by atoms with van der Waals surface area (Å²) in [6.45, 7) is 12.0. The summed E-state index contributed by atoms with van der Waals surface area (Å²) in [6, 6.07) is 6.30. The smallest absolute Gasteiger partial charge is 0.411 e. The van der Waals surface area contributed by atoms with E-state index in [9.17, 15) is 9.59 Å². The van der Waals surface area contributed by atoms with E-state index in [0.717, 1.165) is 17.5 Å². The summed E-state index contributed by atoms with van der Waals surface area (Å²) in [5.74, 6) is -0.164. The average molecular weight is 361 g/mol. The highest BCUT2D eigenvalue weighted by molar-refractivity contribution is 5.70. The van der Waals surface area contributed by atoms with E-state index in [-0.39, 0.29) is 24.1 Å². The lowest BCUT2D eigenvalue weighted by molar-refractivity contribution is -0.143. The predicted octanol–water partition coefficient (Wildman–Crippen LogP) is 4.43. The van der Waals surface area contributed by atoms with Crippen LogP contribution in [0.5, 0.6) is 0 Å². The number of aryl methyl sites for hydroxylation is 1. The number of carbonyl (C=O) groups is 2. The van der Waals surface area contributed by atoms with E-state index < -0.39 is 5.60 Å². The Kier molecular flexibility index (Phi) is 6.32. The summed E-state index contributed by atoms with van der Waals surface area (Å²) in [5, 5.41) is 0. The molecule has 1 aromatic rings. The third-order valence-electron chi connectivity index (χ3n) is 4.59. The van der Waals surface area contributed by atoms with Crippen LogP contribution >= 0.6 is 0 Å². The highest BCUT2D eigenvalue weighted by atomic mass is 16.6. The second-order valence-corrected chi connectivity index (χ2v) is 7.95. The quantitative estimate of drug-likeness (QED) is 0.745. The lowest BCUT2D eigenvalue weighted by Gasteiger charge is -2.41. The molecule has 0 spiro atoms. The molecule has 1 heterocycles. The first-order valence-electron chi connectivity index (χ1n) is 9.41. The number of rotatable bonds is 4. The molecule has 0 radical (unpaired) electrons. The van der Waals surface area contributed by atoms with Gasteiger partial charge in [-0.05, 0) is 71.1 Å². The van der Waals surface area contributed by atoms with Gasteiger partial charge in [-0.3, -0.25) is 9.69 Å². The number of carbonyl (C=O) groups excluding carboxylic acids is 2. The van der Waals surface area contributed by atoms with Gasteiger partial charge in [-0.1, -0.05) is 18.2 Å². The molecule has 0 N–H and O–H groups in total. The van der Waals surface area contributed by atoms with Crippen molar-refractivity contribution in [2.24, 2.45) is 0 Å². The minimum Gasteiger partial charge on any atom is -0.466 e. The Balaban J connectivity index is 2.13. The first kappa shape index (κ1) is 20.3. The summed E-state index contributed by atoms with van der Waals surface area (Å²) < 4.78 is 10.6. The van der Waals surface area contributed by atoms with Crippen LogP contribution in [-0.2, 0) is 27.1 Å². The fourth-order valence-electron chi connectivity index (χ4n) is 3.48. The van der Waals surface area contributed by atoms with Gasteiger partial charge < -0.3 is 9.47 Å². The maximum absolute atomic E-state index is 12.6. The molecule has 0 aliphatic carbocycles. The van der Waals surface area contributed by atoms with Gasteiger partial charge in [0.2, 0.25) is 0 Å². The third kappa shape index (κ3) is 4.99. The van der Waals surface area contributed by atoms with Crippen molar-refractivity contribution in [2.75, 3.05) is 6.61 Å². The van der Waals surface area contributed by atoms with Crippen LogP contribution < -0.4 is 0 Å². The van der Waals surface area contributed by atoms with Crippen LogP contribution in [0.25, 0.3) is 0 Å². The molecule has 0 aromatic heterocycles. The van der Waals surface area contributed by atoms with Crippen molar-refractivity contribution in [3.8, 4) is 0 Å². The van der Waals surface area contributed by atoms with Crippen LogP contribution in [0.3, 0.4) is 0 Å². The van der Waals surface area contributed by atoms with Gasteiger partial charge in [0.05, 0.1) is 12.6 Å². The zero-order chi connectivity index (χ0) is 19.5. The molecule has 26 heavy (non-hydrogen) atoms. The Morgan fingerprint density at radius 2 is 1.92 bits per heavy atom. The van der Waals surface area contributed by atoms with Crippen molar-refractivity contribution < 1.29 is 19.1 Å². The van der Waals surface area contributed by atoms with Gasteiger partial charge >= 0.3 is 12.1 Å². The Bertz CT molecular complexity index is 662. The van der Waals surface area contributed by atoms with Gasteiger partial charge in [0.1, 0.15) is 5.60 Å². The molecule has 1 aliphatic heterocycles. The average Bonchev–Trinajstić information content (AvgIpc) is 2.51. The van der Waals surface area contributed by atoms with E-state index in [1.807, 2.05) is 45.6 Å².